The van der Waals surface area contributed by atoms with Gasteiger partial charge in [0.25, 0.3) is 0 Å². The fourth-order valence-electron chi connectivity index (χ4n) is 2.76. The number of morpholine rings is 1. The molecular weight excluding hydrogens is 302 g/mol. The number of sulfonamides is 1. The van der Waals surface area contributed by atoms with E-state index in [4.69, 9.17) is 16.3 Å². The lowest BCUT2D eigenvalue weighted by Crippen LogP contribution is -2.45. The molecule has 2 fully saturated rings. The van der Waals surface area contributed by atoms with Crippen LogP contribution in [0.4, 0.5) is 0 Å². The van der Waals surface area contributed by atoms with Gasteiger partial charge in [0.2, 0.25) is 10.0 Å². The topological polar surface area (TPSA) is 66.8 Å². The van der Waals surface area contributed by atoms with E-state index in [1.165, 1.54) is 22.5 Å². The van der Waals surface area contributed by atoms with Crippen molar-refractivity contribution in [2.75, 3.05) is 13.1 Å². The molecule has 2 aliphatic heterocycles. The summed E-state index contributed by atoms with van der Waals surface area (Å²) in [5.41, 5.74) is 0.420. The summed E-state index contributed by atoms with van der Waals surface area (Å²) in [6.45, 7) is 0.516. The lowest BCUT2D eigenvalue weighted by atomic mass is 10.2. The quantitative estimate of drug-likeness (QED) is 0.914. The van der Waals surface area contributed by atoms with Gasteiger partial charge in [0.05, 0.1) is 23.7 Å². The lowest BCUT2D eigenvalue weighted by molar-refractivity contribution is -0.0114. The molecule has 2 unspecified atom stereocenters. The van der Waals surface area contributed by atoms with Gasteiger partial charge in [0, 0.05) is 18.1 Å². The Labute approximate surface area is 123 Å². The number of halogens is 1. The zero-order chi connectivity index (χ0) is 14.3. The zero-order valence-electron chi connectivity index (χ0n) is 10.8. The maximum atomic E-state index is 12.6. The summed E-state index contributed by atoms with van der Waals surface area (Å²) in [5, 5.41) is 9.57. The molecule has 1 aromatic carbocycles. The highest BCUT2D eigenvalue weighted by Crippen LogP contribution is 2.30. The number of hydrogen-bond acceptors (Lipinski definition) is 4. The Balaban J connectivity index is 1.92. The molecule has 3 rings (SSSR count). The maximum Gasteiger partial charge on any atom is 0.243 e. The van der Waals surface area contributed by atoms with Gasteiger partial charge in [-0.3, -0.25) is 0 Å². The van der Waals surface area contributed by atoms with Gasteiger partial charge in [-0.2, -0.15) is 4.31 Å². The van der Waals surface area contributed by atoms with E-state index in [2.05, 4.69) is 0 Å². The number of rotatable bonds is 3. The van der Waals surface area contributed by atoms with Gasteiger partial charge in [0.15, 0.2) is 0 Å². The molecule has 7 heteroatoms. The van der Waals surface area contributed by atoms with E-state index < -0.39 is 10.0 Å². The molecule has 5 nitrogen and oxygen atoms in total. The summed E-state index contributed by atoms with van der Waals surface area (Å²) in [6, 6.07) is 4.43. The average Bonchev–Trinajstić information content (AvgIpc) is 2.77. The second-order valence-electron chi connectivity index (χ2n) is 5.19. The molecule has 0 aromatic heterocycles. The van der Waals surface area contributed by atoms with Crippen LogP contribution in [0.3, 0.4) is 0 Å². The van der Waals surface area contributed by atoms with Crippen molar-refractivity contribution in [1.29, 1.82) is 0 Å². The molecule has 2 saturated heterocycles. The Morgan fingerprint density at radius 2 is 1.95 bits per heavy atom. The SMILES string of the molecule is O=S(=O)(c1ccc(Cl)c(CO)c1)N1CC2CCC(C1)O2. The van der Waals surface area contributed by atoms with Crippen LogP contribution in [0, 0.1) is 0 Å². The van der Waals surface area contributed by atoms with Crippen LogP contribution in [0.25, 0.3) is 0 Å². The number of ether oxygens (including phenoxy) is 1. The first kappa shape index (κ1) is 14.3. The van der Waals surface area contributed by atoms with Crippen molar-refractivity contribution in [3.8, 4) is 0 Å². The van der Waals surface area contributed by atoms with E-state index in [-0.39, 0.29) is 23.7 Å². The summed E-state index contributed by atoms with van der Waals surface area (Å²) < 4.78 is 32.4. The number of hydrogen-bond donors (Lipinski definition) is 1. The van der Waals surface area contributed by atoms with Crippen LogP contribution in [0.1, 0.15) is 18.4 Å². The third-order valence-electron chi connectivity index (χ3n) is 3.84. The van der Waals surface area contributed by atoms with Crippen LogP contribution < -0.4 is 0 Å². The van der Waals surface area contributed by atoms with Crippen molar-refractivity contribution in [2.45, 2.75) is 36.6 Å². The van der Waals surface area contributed by atoms with E-state index >= 15 is 0 Å². The first-order chi connectivity index (χ1) is 9.50. The monoisotopic (exact) mass is 317 g/mol. The van der Waals surface area contributed by atoms with Crippen LogP contribution in [0.15, 0.2) is 23.1 Å². The van der Waals surface area contributed by atoms with Crippen molar-refractivity contribution in [1.82, 2.24) is 4.31 Å². The molecule has 0 spiro atoms. The predicted molar refractivity (Wildman–Crippen MR) is 74.0 cm³/mol. The smallest absolute Gasteiger partial charge is 0.243 e. The Hall–Kier alpha value is -0.660. The number of benzene rings is 1. The van der Waals surface area contributed by atoms with E-state index in [9.17, 15) is 13.5 Å². The molecule has 1 N–H and O–H groups in total. The molecule has 1 aromatic rings. The first-order valence-electron chi connectivity index (χ1n) is 6.55. The van der Waals surface area contributed by atoms with E-state index in [0.29, 0.717) is 23.7 Å². The molecule has 2 bridgehead atoms. The highest BCUT2D eigenvalue weighted by Gasteiger charge is 2.39. The van der Waals surface area contributed by atoms with Crippen LogP contribution >= 0.6 is 11.6 Å². The molecule has 0 radical (unpaired) electrons. The summed E-state index contributed by atoms with van der Waals surface area (Å²) in [4.78, 5) is 0.173. The lowest BCUT2D eigenvalue weighted by Gasteiger charge is -2.31. The van der Waals surface area contributed by atoms with Crippen LogP contribution in [-0.4, -0.2) is 43.1 Å². The molecule has 110 valence electrons. The highest BCUT2D eigenvalue weighted by molar-refractivity contribution is 7.89. The second kappa shape index (κ2) is 5.27. The number of aliphatic hydroxyl groups is 1. The Bertz CT molecular complexity index is 607. The summed E-state index contributed by atoms with van der Waals surface area (Å²) >= 11 is 5.90. The molecule has 20 heavy (non-hydrogen) atoms. The first-order valence-corrected chi connectivity index (χ1v) is 8.37. The minimum absolute atomic E-state index is 0.00753. The van der Waals surface area contributed by atoms with Crippen LogP contribution in [0.2, 0.25) is 5.02 Å². The van der Waals surface area contributed by atoms with Gasteiger partial charge in [0.1, 0.15) is 0 Å². The molecule has 0 amide bonds. The fraction of sp³-hybridized carbons (Fsp3) is 0.538. The zero-order valence-corrected chi connectivity index (χ0v) is 12.4. The molecule has 2 heterocycles. The Kier molecular flexibility index (Phi) is 3.77. The summed E-state index contributed by atoms with van der Waals surface area (Å²) in [7, 11) is -3.55. The maximum absolute atomic E-state index is 12.6. The van der Waals surface area contributed by atoms with Gasteiger partial charge in [-0.25, -0.2) is 8.42 Å². The van der Waals surface area contributed by atoms with Gasteiger partial charge < -0.3 is 9.84 Å². The molecule has 2 atom stereocenters. The van der Waals surface area contributed by atoms with Crippen molar-refractivity contribution >= 4 is 21.6 Å². The third-order valence-corrected chi connectivity index (χ3v) is 6.03. The molecule has 0 aliphatic carbocycles. The van der Waals surface area contributed by atoms with Crippen molar-refractivity contribution < 1.29 is 18.3 Å². The van der Waals surface area contributed by atoms with Gasteiger partial charge in [-0.05, 0) is 36.6 Å². The number of aliphatic hydroxyl groups excluding tert-OH is 1. The molecule has 2 aliphatic rings. The van der Waals surface area contributed by atoms with Crippen molar-refractivity contribution in [3.05, 3.63) is 28.8 Å². The molecular formula is C13H16ClNO4S. The van der Waals surface area contributed by atoms with Gasteiger partial charge in [-0.1, -0.05) is 11.6 Å². The normalized spacial score (nSPS) is 26.9. The average molecular weight is 318 g/mol. The third kappa shape index (κ3) is 2.46. The fourth-order valence-corrected chi connectivity index (χ4v) is 4.49. The van der Waals surface area contributed by atoms with E-state index in [1.807, 2.05) is 0 Å². The number of nitrogens with zero attached hydrogens (tertiary/aromatic N) is 1. The standard InChI is InChI=1S/C13H16ClNO4S/c14-13-4-3-12(5-9(13)8-16)20(17,18)15-6-10-1-2-11(7-15)19-10/h3-5,10-11,16H,1-2,6-8H2. The highest BCUT2D eigenvalue weighted by atomic mass is 35.5. The number of fused-ring (bicyclic) bond motifs is 2. The molecule has 0 saturated carbocycles. The largest absolute Gasteiger partial charge is 0.392 e. The van der Waals surface area contributed by atoms with Gasteiger partial charge >= 0.3 is 0 Å². The summed E-state index contributed by atoms with van der Waals surface area (Å²) in [5.74, 6) is 0. The van der Waals surface area contributed by atoms with Crippen LogP contribution in [0.5, 0.6) is 0 Å². The van der Waals surface area contributed by atoms with Gasteiger partial charge in [-0.15, -0.1) is 0 Å². The Morgan fingerprint density at radius 1 is 1.30 bits per heavy atom. The predicted octanol–water partition coefficient (Wildman–Crippen LogP) is 1.38. The summed E-state index contributed by atoms with van der Waals surface area (Å²) in [6.07, 6.45) is 1.85. The van der Waals surface area contributed by atoms with Crippen LogP contribution in [-0.2, 0) is 21.4 Å². The van der Waals surface area contributed by atoms with Crippen molar-refractivity contribution in [3.63, 3.8) is 0 Å². The van der Waals surface area contributed by atoms with Crippen molar-refractivity contribution in [2.24, 2.45) is 0 Å². The minimum atomic E-state index is -3.55. The second-order valence-corrected chi connectivity index (χ2v) is 7.54. The minimum Gasteiger partial charge on any atom is -0.392 e. The Morgan fingerprint density at radius 3 is 2.55 bits per heavy atom. The van der Waals surface area contributed by atoms with E-state index in [1.54, 1.807) is 0 Å². The van der Waals surface area contributed by atoms with E-state index in [0.717, 1.165) is 12.8 Å².